The molecule has 2 rings (SSSR count). The van der Waals surface area contributed by atoms with Gasteiger partial charge in [0.05, 0.1) is 6.61 Å². The van der Waals surface area contributed by atoms with E-state index in [0.29, 0.717) is 6.42 Å². The van der Waals surface area contributed by atoms with E-state index < -0.39 is 42.5 Å². The summed E-state index contributed by atoms with van der Waals surface area (Å²) in [6, 6.07) is 4.19. The van der Waals surface area contributed by atoms with E-state index in [2.05, 4.69) is 15.6 Å². The van der Waals surface area contributed by atoms with Crippen molar-refractivity contribution in [2.45, 2.75) is 44.8 Å². The molecule has 2 amide bonds. The minimum Gasteiger partial charge on any atom is -0.480 e. The third-order valence-electron chi connectivity index (χ3n) is 5.04. The van der Waals surface area contributed by atoms with Crippen molar-refractivity contribution in [1.82, 2.24) is 15.6 Å². The van der Waals surface area contributed by atoms with Gasteiger partial charge in [0.2, 0.25) is 11.8 Å². The zero-order chi connectivity index (χ0) is 21.6. The second-order valence-corrected chi connectivity index (χ2v) is 7.12. The summed E-state index contributed by atoms with van der Waals surface area (Å²) in [5, 5.41) is 24.6. The number of aromatic nitrogens is 1. The van der Waals surface area contributed by atoms with Crippen molar-refractivity contribution in [2.75, 3.05) is 6.61 Å². The summed E-state index contributed by atoms with van der Waals surface area (Å²) in [6.07, 6.45) is 2.39. The first-order valence-corrected chi connectivity index (χ1v) is 9.53. The molecule has 0 aliphatic rings. The maximum Gasteiger partial charge on any atom is 0.326 e. The van der Waals surface area contributed by atoms with Gasteiger partial charge in [-0.05, 0) is 17.5 Å². The highest BCUT2D eigenvalue weighted by atomic mass is 16.4. The average Bonchev–Trinajstić information content (AvgIpc) is 3.12. The Bertz CT molecular complexity index is 865. The van der Waals surface area contributed by atoms with E-state index >= 15 is 0 Å². The van der Waals surface area contributed by atoms with Crippen molar-refractivity contribution >= 4 is 28.7 Å². The van der Waals surface area contributed by atoms with Crippen LogP contribution in [0.15, 0.2) is 30.5 Å². The molecule has 9 heteroatoms. The van der Waals surface area contributed by atoms with Crippen LogP contribution < -0.4 is 16.4 Å². The van der Waals surface area contributed by atoms with E-state index in [1.807, 2.05) is 31.2 Å². The van der Waals surface area contributed by atoms with Crippen LogP contribution in [0.3, 0.4) is 0 Å². The largest absolute Gasteiger partial charge is 0.480 e. The van der Waals surface area contributed by atoms with E-state index in [-0.39, 0.29) is 12.3 Å². The number of aliphatic hydroxyl groups is 1. The van der Waals surface area contributed by atoms with Gasteiger partial charge in [0, 0.05) is 23.5 Å². The Balaban J connectivity index is 2.17. The van der Waals surface area contributed by atoms with Gasteiger partial charge in [0.25, 0.3) is 0 Å². The van der Waals surface area contributed by atoms with Crippen molar-refractivity contribution in [1.29, 1.82) is 0 Å². The number of carbonyl (C=O) groups is 3. The number of carboxylic acids is 1. The molecule has 0 fully saturated rings. The number of para-hydroxylation sites is 1. The summed E-state index contributed by atoms with van der Waals surface area (Å²) in [4.78, 5) is 39.7. The molecule has 1 heterocycles. The number of hydrogen-bond donors (Lipinski definition) is 6. The van der Waals surface area contributed by atoms with Crippen LogP contribution in [0.2, 0.25) is 0 Å². The maximum atomic E-state index is 12.8. The molecule has 0 saturated carbocycles. The first-order chi connectivity index (χ1) is 13.8. The molecule has 1 aromatic carbocycles. The summed E-state index contributed by atoms with van der Waals surface area (Å²) >= 11 is 0. The lowest BCUT2D eigenvalue weighted by atomic mass is 9.97. The molecule has 1 aromatic heterocycles. The Morgan fingerprint density at radius 3 is 2.48 bits per heavy atom. The summed E-state index contributed by atoms with van der Waals surface area (Å²) in [7, 11) is 0. The number of hydrogen-bond acceptors (Lipinski definition) is 5. The Morgan fingerprint density at radius 1 is 1.17 bits per heavy atom. The highest BCUT2D eigenvalue weighted by Gasteiger charge is 2.31. The number of fused-ring (bicyclic) bond motifs is 1. The van der Waals surface area contributed by atoms with E-state index in [4.69, 9.17) is 10.8 Å². The maximum absolute atomic E-state index is 12.8. The topological polar surface area (TPSA) is 158 Å². The summed E-state index contributed by atoms with van der Waals surface area (Å²) < 4.78 is 0. The van der Waals surface area contributed by atoms with E-state index in [0.717, 1.165) is 16.5 Å². The van der Waals surface area contributed by atoms with Gasteiger partial charge < -0.3 is 31.6 Å². The van der Waals surface area contributed by atoms with Crippen LogP contribution in [-0.2, 0) is 20.8 Å². The first kappa shape index (κ1) is 22.4. The van der Waals surface area contributed by atoms with Crippen molar-refractivity contribution < 1.29 is 24.6 Å². The molecule has 0 saturated heterocycles. The average molecular weight is 404 g/mol. The third-order valence-corrected chi connectivity index (χ3v) is 5.04. The van der Waals surface area contributed by atoms with E-state index in [1.165, 1.54) is 0 Å². The van der Waals surface area contributed by atoms with Crippen molar-refractivity contribution in [3.05, 3.63) is 36.0 Å². The fraction of sp³-hybridized carbons (Fsp3) is 0.450. The number of aliphatic carboxylic acids is 1. The first-order valence-electron chi connectivity index (χ1n) is 9.53. The van der Waals surface area contributed by atoms with Gasteiger partial charge in [-0.15, -0.1) is 0 Å². The normalized spacial score (nSPS) is 15.3. The molecule has 0 spiro atoms. The van der Waals surface area contributed by atoms with Crippen LogP contribution in [0.1, 0.15) is 25.8 Å². The van der Waals surface area contributed by atoms with Crippen LogP contribution in [-0.4, -0.2) is 57.7 Å². The summed E-state index contributed by atoms with van der Waals surface area (Å²) in [6.45, 7) is 3.06. The molecule has 7 N–H and O–H groups in total. The van der Waals surface area contributed by atoms with E-state index in [9.17, 15) is 19.5 Å². The lowest BCUT2D eigenvalue weighted by Crippen LogP contribution is -2.57. The highest BCUT2D eigenvalue weighted by molar-refractivity contribution is 5.92. The van der Waals surface area contributed by atoms with Gasteiger partial charge in [-0.1, -0.05) is 38.5 Å². The number of nitrogens with two attached hydrogens (primary N) is 1. The molecule has 9 nitrogen and oxygen atoms in total. The second-order valence-electron chi connectivity index (χ2n) is 7.12. The molecule has 29 heavy (non-hydrogen) atoms. The Labute approximate surface area is 168 Å². The number of benzene rings is 1. The van der Waals surface area contributed by atoms with Gasteiger partial charge >= 0.3 is 5.97 Å². The van der Waals surface area contributed by atoms with Crippen LogP contribution in [0.4, 0.5) is 0 Å². The Morgan fingerprint density at radius 2 is 1.86 bits per heavy atom. The lowest BCUT2D eigenvalue weighted by Gasteiger charge is -2.26. The van der Waals surface area contributed by atoms with Crippen LogP contribution in [0.5, 0.6) is 0 Å². The van der Waals surface area contributed by atoms with Gasteiger partial charge in [0.1, 0.15) is 18.1 Å². The molecule has 0 aliphatic heterocycles. The molecule has 2 aromatic rings. The highest BCUT2D eigenvalue weighted by Crippen LogP contribution is 2.19. The zero-order valence-corrected chi connectivity index (χ0v) is 16.5. The number of H-pyrrole nitrogens is 1. The number of amides is 2. The Hall–Kier alpha value is -2.91. The number of rotatable bonds is 10. The number of aliphatic hydroxyl groups excluding tert-OH is 1. The Kier molecular flexibility index (Phi) is 7.74. The van der Waals surface area contributed by atoms with Gasteiger partial charge in [-0.2, -0.15) is 0 Å². The second kappa shape index (κ2) is 10.0. The van der Waals surface area contributed by atoms with Crippen LogP contribution >= 0.6 is 0 Å². The quantitative estimate of drug-likeness (QED) is 0.330. The molecule has 158 valence electrons. The fourth-order valence-electron chi connectivity index (χ4n) is 3.03. The summed E-state index contributed by atoms with van der Waals surface area (Å²) in [5.41, 5.74) is 7.15. The minimum absolute atomic E-state index is 0.0857. The van der Waals surface area contributed by atoms with Crippen molar-refractivity contribution in [2.24, 2.45) is 11.7 Å². The molecular weight excluding hydrogens is 376 g/mol. The standard InChI is InChI=1S/C20H28N4O5/c1-3-11(2)17(24-18(26)14(21)10-25)19(27)23-16(20(28)29)8-12-9-22-15-7-5-4-6-13(12)15/h4-7,9,11,14,16-17,22,25H,3,8,10,21H2,1-2H3,(H,23,27)(H,24,26)(H,28,29)/t11-,14-,16-,17-/m0/s1. The van der Waals surface area contributed by atoms with Crippen LogP contribution in [0, 0.1) is 5.92 Å². The van der Waals surface area contributed by atoms with Gasteiger partial charge in [0.15, 0.2) is 0 Å². The molecule has 0 aliphatic carbocycles. The van der Waals surface area contributed by atoms with Crippen molar-refractivity contribution in [3.63, 3.8) is 0 Å². The zero-order valence-electron chi connectivity index (χ0n) is 16.5. The van der Waals surface area contributed by atoms with Gasteiger partial charge in [-0.3, -0.25) is 9.59 Å². The lowest BCUT2D eigenvalue weighted by molar-refractivity contribution is -0.142. The predicted octanol–water partition coefficient (Wildman–Crippen LogP) is 0.130. The number of aromatic amines is 1. The molecule has 0 bridgehead atoms. The van der Waals surface area contributed by atoms with Crippen molar-refractivity contribution in [3.8, 4) is 0 Å². The number of carbonyl (C=O) groups excluding carboxylic acids is 2. The van der Waals surface area contributed by atoms with E-state index in [1.54, 1.807) is 13.1 Å². The molecular formula is C20H28N4O5. The monoisotopic (exact) mass is 404 g/mol. The number of carboxylic acid groups (broad SMARTS) is 1. The number of nitrogens with one attached hydrogen (secondary N) is 3. The molecule has 0 radical (unpaired) electrons. The summed E-state index contributed by atoms with van der Waals surface area (Å²) in [5.74, 6) is -2.71. The molecule has 4 atom stereocenters. The molecule has 0 unspecified atom stereocenters. The van der Waals surface area contributed by atoms with Crippen LogP contribution in [0.25, 0.3) is 10.9 Å². The smallest absolute Gasteiger partial charge is 0.326 e. The SMILES string of the molecule is CC[C@H](C)[C@H](NC(=O)[C@@H](N)CO)C(=O)N[C@@H](Cc1c[nH]c2ccccc12)C(=O)O. The van der Waals surface area contributed by atoms with Gasteiger partial charge in [-0.25, -0.2) is 4.79 Å². The predicted molar refractivity (Wildman–Crippen MR) is 108 cm³/mol. The third kappa shape index (κ3) is 5.55. The fourth-order valence-corrected chi connectivity index (χ4v) is 3.03. The minimum atomic E-state index is -1.18.